The summed E-state index contributed by atoms with van der Waals surface area (Å²) in [6.07, 6.45) is 5.31. The zero-order valence-electron chi connectivity index (χ0n) is 7.92. The second-order valence-corrected chi connectivity index (χ2v) is 3.96. The van der Waals surface area contributed by atoms with Crippen LogP contribution in [-0.4, -0.2) is 11.2 Å². The summed E-state index contributed by atoms with van der Waals surface area (Å²) in [5.74, 6) is 0. The quantitative estimate of drug-likeness (QED) is 0.719. The Kier molecular flexibility index (Phi) is 2.32. The monoisotopic (exact) mass is 191 g/mol. The molecule has 0 aliphatic carbocycles. The average molecular weight is 191 g/mol. The minimum Gasteiger partial charge on any atom is -0.361 e. The third-order valence-corrected chi connectivity index (χ3v) is 3.08. The molecule has 0 amide bonds. The zero-order chi connectivity index (χ0) is 9.26. The van der Waals surface area contributed by atoms with Gasteiger partial charge in [0.15, 0.2) is 0 Å². The molecule has 2 aromatic rings. The fourth-order valence-corrected chi connectivity index (χ4v) is 2.02. The Morgan fingerprint density at radius 2 is 2.23 bits per heavy atom. The Balaban J connectivity index is 2.64. The topological polar surface area (TPSA) is 15.8 Å². The predicted octanol–water partition coefficient (Wildman–Crippen LogP) is 3.45. The number of benzene rings is 1. The van der Waals surface area contributed by atoms with Crippen molar-refractivity contribution in [2.75, 3.05) is 6.26 Å². The van der Waals surface area contributed by atoms with Crippen LogP contribution < -0.4 is 0 Å². The molecule has 0 aliphatic heterocycles. The predicted molar refractivity (Wildman–Crippen MR) is 59.5 cm³/mol. The zero-order valence-corrected chi connectivity index (χ0v) is 8.74. The maximum Gasteiger partial charge on any atom is 0.0457 e. The lowest BCUT2D eigenvalue weighted by Crippen LogP contribution is -1.76. The van der Waals surface area contributed by atoms with Gasteiger partial charge in [-0.15, -0.1) is 11.8 Å². The summed E-state index contributed by atoms with van der Waals surface area (Å²) in [6.45, 7) is 2.19. The summed E-state index contributed by atoms with van der Waals surface area (Å²) < 4.78 is 0. The Morgan fingerprint density at radius 3 is 2.92 bits per heavy atom. The number of fused-ring (bicyclic) bond motifs is 1. The first-order chi connectivity index (χ1) is 6.35. The molecule has 0 atom stereocenters. The number of hydrogen-bond acceptors (Lipinski definition) is 1. The van der Waals surface area contributed by atoms with Crippen molar-refractivity contribution < 1.29 is 0 Å². The summed E-state index contributed by atoms with van der Waals surface area (Å²) in [5.41, 5.74) is 2.65. The van der Waals surface area contributed by atoms with Crippen molar-refractivity contribution in [1.29, 1.82) is 0 Å². The van der Waals surface area contributed by atoms with Gasteiger partial charge in [0, 0.05) is 22.0 Å². The molecule has 0 bridgehead atoms. The molecule has 1 aromatic heterocycles. The van der Waals surface area contributed by atoms with E-state index in [1.165, 1.54) is 21.4 Å². The van der Waals surface area contributed by atoms with E-state index in [2.05, 4.69) is 42.6 Å². The van der Waals surface area contributed by atoms with E-state index in [4.69, 9.17) is 0 Å². The summed E-state index contributed by atoms with van der Waals surface area (Å²) in [4.78, 5) is 4.62. The van der Waals surface area contributed by atoms with E-state index in [9.17, 15) is 0 Å². The normalized spacial score (nSPS) is 10.9. The van der Waals surface area contributed by atoms with Crippen LogP contribution in [0.25, 0.3) is 10.9 Å². The van der Waals surface area contributed by atoms with Crippen molar-refractivity contribution in [2.24, 2.45) is 0 Å². The van der Waals surface area contributed by atoms with E-state index in [1.54, 1.807) is 11.8 Å². The summed E-state index contributed by atoms with van der Waals surface area (Å²) in [6, 6.07) is 6.57. The van der Waals surface area contributed by atoms with Crippen LogP contribution in [0.3, 0.4) is 0 Å². The van der Waals surface area contributed by atoms with Crippen molar-refractivity contribution in [1.82, 2.24) is 4.98 Å². The maximum atomic E-state index is 3.28. The Morgan fingerprint density at radius 1 is 1.38 bits per heavy atom. The fraction of sp³-hybridized carbons (Fsp3) is 0.273. The Bertz CT molecular complexity index is 417. The first-order valence-corrected chi connectivity index (χ1v) is 5.71. The number of hydrogen-bond donors (Lipinski definition) is 1. The molecule has 1 heterocycles. The summed E-state index contributed by atoms with van der Waals surface area (Å²) in [5, 5.41) is 1.37. The van der Waals surface area contributed by atoms with Gasteiger partial charge in [0.1, 0.15) is 0 Å². The molecule has 0 saturated heterocycles. The average Bonchev–Trinajstić information content (AvgIpc) is 2.59. The van der Waals surface area contributed by atoms with E-state index >= 15 is 0 Å². The summed E-state index contributed by atoms with van der Waals surface area (Å²) in [7, 11) is 0. The number of aryl methyl sites for hydroxylation is 1. The van der Waals surface area contributed by atoms with Crippen LogP contribution >= 0.6 is 11.8 Å². The van der Waals surface area contributed by atoms with Crippen LogP contribution in [0.15, 0.2) is 29.3 Å². The first-order valence-electron chi connectivity index (χ1n) is 4.49. The molecular formula is C11H13NS. The Labute approximate surface area is 82.5 Å². The maximum absolute atomic E-state index is 3.28. The van der Waals surface area contributed by atoms with Gasteiger partial charge >= 0.3 is 0 Å². The SMILES string of the molecule is CCc1c[nH]c2ccc(SC)cc12. The van der Waals surface area contributed by atoms with Crippen molar-refractivity contribution in [3.05, 3.63) is 30.0 Å². The van der Waals surface area contributed by atoms with E-state index in [1.807, 2.05) is 0 Å². The lowest BCUT2D eigenvalue weighted by atomic mass is 10.1. The molecule has 0 aliphatic rings. The Hall–Kier alpha value is -0.890. The van der Waals surface area contributed by atoms with Gasteiger partial charge in [-0.05, 0) is 36.4 Å². The molecule has 13 heavy (non-hydrogen) atoms. The minimum atomic E-state index is 1.10. The van der Waals surface area contributed by atoms with Crippen molar-refractivity contribution in [3.63, 3.8) is 0 Å². The van der Waals surface area contributed by atoms with Gasteiger partial charge in [0.05, 0.1) is 0 Å². The molecule has 2 rings (SSSR count). The number of aromatic nitrogens is 1. The number of aromatic amines is 1. The van der Waals surface area contributed by atoms with Crippen molar-refractivity contribution in [3.8, 4) is 0 Å². The van der Waals surface area contributed by atoms with Crippen molar-refractivity contribution >= 4 is 22.7 Å². The minimum absolute atomic E-state index is 1.10. The number of rotatable bonds is 2. The number of nitrogens with one attached hydrogen (secondary N) is 1. The third-order valence-electron chi connectivity index (χ3n) is 2.36. The highest BCUT2D eigenvalue weighted by Gasteiger charge is 2.01. The van der Waals surface area contributed by atoms with Crippen LogP contribution in [0.1, 0.15) is 12.5 Å². The highest BCUT2D eigenvalue weighted by atomic mass is 32.2. The molecule has 0 radical (unpaired) electrons. The number of thioether (sulfide) groups is 1. The molecule has 0 saturated carbocycles. The standard InChI is InChI=1S/C11H13NS/c1-3-8-7-12-11-5-4-9(13-2)6-10(8)11/h4-7,12H,3H2,1-2H3. The van der Waals surface area contributed by atoms with Crippen molar-refractivity contribution in [2.45, 2.75) is 18.2 Å². The molecule has 1 N–H and O–H groups in total. The van der Waals surface area contributed by atoms with Crippen LogP contribution in [0, 0.1) is 0 Å². The molecule has 1 aromatic carbocycles. The smallest absolute Gasteiger partial charge is 0.0457 e. The van der Waals surface area contributed by atoms with E-state index in [0.29, 0.717) is 0 Å². The molecule has 0 spiro atoms. The molecule has 1 nitrogen and oxygen atoms in total. The number of H-pyrrole nitrogens is 1. The molecule has 2 heteroatoms. The highest BCUT2D eigenvalue weighted by molar-refractivity contribution is 7.98. The first kappa shape index (κ1) is 8.70. The molecule has 0 unspecified atom stereocenters. The van der Waals surface area contributed by atoms with E-state index < -0.39 is 0 Å². The van der Waals surface area contributed by atoms with E-state index in [-0.39, 0.29) is 0 Å². The molecule has 68 valence electrons. The van der Waals surface area contributed by atoms with Crippen LogP contribution in [-0.2, 0) is 6.42 Å². The van der Waals surface area contributed by atoms with Gasteiger partial charge in [-0.25, -0.2) is 0 Å². The van der Waals surface area contributed by atoms with Gasteiger partial charge in [0.2, 0.25) is 0 Å². The van der Waals surface area contributed by atoms with Gasteiger partial charge < -0.3 is 4.98 Å². The fourth-order valence-electron chi connectivity index (χ4n) is 1.58. The van der Waals surface area contributed by atoms with Crippen LogP contribution in [0.2, 0.25) is 0 Å². The lowest BCUT2D eigenvalue weighted by molar-refractivity contribution is 1.15. The second-order valence-electron chi connectivity index (χ2n) is 3.08. The molecule has 0 fully saturated rings. The largest absolute Gasteiger partial charge is 0.361 e. The summed E-state index contributed by atoms with van der Waals surface area (Å²) >= 11 is 1.79. The highest BCUT2D eigenvalue weighted by Crippen LogP contribution is 2.24. The van der Waals surface area contributed by atoms with Gasteiger partial charge in [-0.2, -0.15) is 0 Å². The van der Waals surface area contributed by atoms with Crippen LogP contribution in [0.5, 0.6) is 0 Å². The van der Waals surface area contributed by atoms with Gasteiger partial charge in [-0.3, -0.25) is 0 Å². The second kappa shape index (κ2) is 3.46. The third kappa shape index (κ3) is 1.46. The lowest BCUT2D eigenvalue weighted by Gasteiger charge is -1.97. The molecular weight excluding hydrogens is 178 g/mol. The van der Waals surface area contributed by atoms with Crippen LogP contribution in [0.4, 0.5) is 0 Å². The van der Waals surface area contributed by atoms with Gasteiger partial charge in [-0.1, -0.05) is 6.92 Å². The van der Waals surface area contributed by atoms with E-state index in [0.717, 1.165) is 6.42 Å². The van der Waals surface area contributed by atoms with Gasteiger partial charge in [0.25, 0.3) is 0 Å².